The molecule has 2 fully saturated rings. The van der Waals surface area contributed by atoms with Crippen LogP contribution in [0.15, 0.2) is 0 Å². The van der Waals surface area contributed by atoms with Gasteiger partial charge in [-0.1, -0.05) is 20.8 Å². The molecule has 0 heterocycles. The SMILES string of the molecule is C[C@@H]1CC(C)(C)C[C@@H]1NCC1(CS(C)(=O)=O)CC1. The molecule has 0 aromatic carbocycles. The molecule has 0 radical (unpaired) electrons. The number of hydrogen-bond donors (Lipinski definition) is 1. The van der Waals surface area contributed by atoms with Crippen LogP contribution in [0.25, 0.3) is 0 Å². The molecular weight excluding hydrogens is 246 g/mol. The molecular formula is C14H27NO2S. The van der Waals surface area contributed by atoms with Gasteiger partial charge in [-0.05, 0) is 42.4 Å². The molecule has 2 aliphatic carbocycles. The van der Waals surface area contributed by atoms with Crippen LogP contribution in [0, 0.1) is 16.7 Å². The van der Waals surface area contributed by atoms with Crippen LogP contribution in [0.5, 0.6) is 0 Å². The van der Waals surface area contributed by atoms with Gasteiger partial charge in [0.2, 0.25) is 0 Å². The predicted octanol–water partition coefficient (Wildman–Crippen LogP) is 2.23. The van der Waals surface area contributed by atoms with Gasteiger partial charge < -0.3 is 5.32 Å². The average molecular weight is 273 g/mol. The van der Waals surface area contributed by atoms with Crippen molar-refractivity contribution >= 4 is 9.84 Å². The van der Waals surface area contributed by atoms with Crippen LogP contribution in [0.1, 0.15) is 46.5 Å². The van der Waals surface area contributed by atoms with Crippen molar-refractivity contribution in [1.29, 1.82) is 0 Å². The topological polar surface area (TPSA) is 46.2 Å². The highest BCUT2D eigenvalue weighted by molar-refractivity contribution is 7.90. The molecule has 0 aromatic heterocycles. The van der Waals surface area contributed by atoms with E-state index in [-0.39, 0.29) is 5.41 Å². The molecule has 0 spiro atoms. The Balaban J connectivity index is 1.86. The fourth-order valence-corrected chi connectivity index (χ4v) is 5.12. The van der Waals surface area contributed by atoms with Gasteiger partial charge in [0.15, 0.2) is 0 Å². The van der Waals surface area contributed by atoms with Gasteiger partial charge in [-0.15, -0.1) is 0 Å². The summed E-state index contributed by atoms with van der Waals surface area (Å²) >= 11 is 0. The Bertz CT molecular complexity index is 410. The van der Waals surface area contributed by atoms with Crippen molar-refractivity contribution in [3.8, 4) is 0 Å². The summed E-state index contributed by atoms with van der Waals surface area (Å²) in [5.41, 5.74) is 0.491. The maximum atomic E-state index is 11.4. The third kappa shape index (κ3) is 3.70. The van der Waals surface area contributed by atoms with E-state index in [1.165, 1.54) is 19.1 Å². The molecule has 0 unspecified atom stereocenters. The summed E-state index contributed by atoms with van der Waals surface area (Å²) < 4.78 is 22.8. The van der Waals surface area contributed by atoms with Crippen LogP contribution in [0.3, 0.4) is 0 Å². The molecule has 106 valence electrons. The molecule has 18 heavy (non-hydrogen) atoms. The second-order valence-electron chi connectivity index (χ2n) is 7.61. The lowest BCUT2D eigenvalue weighted by molar-refractivity contribution is 0.355. The molecule has 2 saturated carbocycles. The van der Waals surface area contributed by atoms with Crippen LogP contribution in [-0.2, 0) is 9.84 Å². The zero-order valence-corrected chi connectivity index (χ0v) is 12.9. The highest BCUT2D eigenvalue weighted by Gasteiger charge is 2.46. The quantitative estimate of drug-likeness (QED) is 0.835. The first-order valence-electron chi connectivity index (χ1n) is 7.02. The lowest BCUT2D eigenvalue weighted by Gasteiger charge is -2.22. The van der Waals surface area contributed by atoms with Crippen LogP contribution in [-0.4, -0.2) is 33.0 Å². The second kappa shape index (κ2) is 4.48. The third-order valence-corrected chi connectivity index (χ3v) is 5.74. The Kier molecular flexibility index (Phi) is 3.56. The first kappa shape index (κ1) is 14.3. The Morgan fingerprint density at radius 3 is 2.22 bits per heavy atom. The zero-order valence-electron chi connectivity index (χ0n) is 12.1. The van der Waals surface area contributed by atoms with E-state index < -0.39 is 9.84 Å². The van der Waals surface area contributed by atoms with Crippen LogP contribution in [0.4, 0.5) is 0 Å². The standard InChI is InChI=1S/C14H27NO2S/c1-11-7-13(2,3)8-12(11)15-9-14(5-6-14)10-18(4,16)17/h11-12,15H,5-10H2,1-4H3/t11-,12+/m1/s1. The Hall–Kier alpha value is -0.0900. The summed E-state index contributed by atoms with van der Waals surface area (Å²) in [6.07, 6.45) is 5.97. The number of nitrogens with one attached hydrogen (secondary N) is 1. The van der Waals surface area contributed by atoms with Gasteiger partial charge in [0.25, 0.3) is 0 Å². The molecule has 0 aromatic rings. The van der Waals surface area contributed by atoms with Gasteiger partial charge in [-0.25, -0.2) is 8.42 Å². The van der Waals surface area contributed by atoms with E-state index in [4.69, 9.17) is 0 Å². The van der Waals surface area contributed by atoms with Crippen molar-refractivity contribution < 1.29 is 8.42 Å². The normalized spacial score (nSPS) is 33.6. The lowest BCUT2D eigenvalue weighted by atomic mass is 9.91. The maximum absolute atomic E-state index is 11.4. The Morgan fingerprint density at radius 2 is 1.83 bits per heavy atom. The highest BCUT2D eigenvalue weighted by atomic mass is 32.2. The van der Waals surface area contributed by atoms with Gasteiger partial charge >= 0.3 is 0 Å². The van der Waals surface area contributed by atoms with E-state index in [0.29, 0.717) is 23.1 Å². The third-order valence-electron chi connectivity index (χ3n) is 4.60. The smallest absolute Gasteiger partial charge is 0.148 e. The first-order chi connectivity index (χ1) is 8.11. The van der Waals surface area contributed by atoms with Gasteiger partial charge in [0.1, 0.15) is 9.84 Å². The van der Waals surface area contributed by atoms with Crippen molar-refractivity contribution in [2.24, 2.45) is 16.7 Å². The average Bonchev–Trinajstić information content (AvgIpc) is 2.82. The first-order valence-corrected chi connectivity index (χ1v) is 9.08. The molecule has 0 saturated heterocycles. The van der Waals surface area contributed by atoms with Crippen LogP contribution in [0.2, 0.25) is 0 Å². The monoisotopic (exact) mass is 273 g/mol. The van der Waals surface area contributed by atoms with E-state index in [0.717, 1.165) is 19.4 Å². The summed E-state index contributed by atoms with van der Waals surface area (Å²) in [5.74, 6) is 1.06. The molecule has 2 atom stereocenters. The van der Waals surface area contributed by atoms with Gasteiger partial charge in [0, 0.05) is 18.8 Å². The van der Waals surface area contributed by atoms with Gasteiger partial charge in [-0.3, -0.25) is 0 Å². The molecule has 2 rings (SSSR count). The van der Waals surface area contributed by atoms with Crippen LogP contribution >= 0.6 is 0 Å². The fraction of sp³-hybridized carbons (Fsp3) is 1.00. The minimum absolute atomic E-state index is 0.0556. The van der Waals surface area contributed by atoms with E-state index in [2.05, 4.69) is 26.1 Å². The van der Waals surface area contributed by atoms with Crippen molar-refractivity contribution in [3.05, 3.63) is 0 Å². The fourth-order valence-electron chi connectivity index (χ4n) is 3.62. The zero-order chi connectivity index (χ0) is 13.6. The molecule has 0 amide bonds. The molecule has 3 nitrogen and oxygen atoms in total. The molecule has 0 aliphatic heterocycles. The lowest BCUT2D eigenvalue weighted by Crippen LogP contribution is -2.38. The molecule has 4 heteroatoms. The maximum Gasteiger partial charge on any atom is 0.148 e. The predicted molar refractivity (Wildman–Crippen MR) is 75.3 cm³/mol. The second-order valence-corrected chi connectivity index (χ2v) is 9.75. The van der Waals surface area contributed by atoms with Crippen molar-refractivity contribution in [2.45, 2.75) is 52.5 Å². The minimum Gasteiger partial charge on any atom is -0.313 e. The number of hydrogen-bond acceptors (Lipinski definition) is 3. The van der Waals surface area contributed by atoms with Crippen molar-refractivity contribution in [2.75, 3.05) is 18.6 Å². The van der Waals surface area contributed by atoms with E-state index in [9.17, 15) is 8.42 Å². The highest BCUT2D eigenvalue weighted by Crippen LogP contribution is 2.47. The summed E-state index contributed by atoms with van der Waals surface area (Å²) in [4.78, 5) is 0. The summed E-state index contributed by atoms with van der Waals surface area (Å²) in [7, 11) is -2.84. The minimum atomic E-state index is -2.84. The molecule has 2 aliphatic rings. The molecule has 1 N–H and O–H groups in total. The summed E-state index contributed by atoms with van der Waals surface area (Å²) in [5, 5.41) is 3.65. The number of rotatable bonds is 5. The largest absolute Gasteiger partial charge is 0.313 e. The Labute approximate surface area is 112 Å². The van der Waals surface area contributed by atoms with E-state index in [1.807, 2.05) is 0 Å². The Morgan fingerprint density at radius 1 is 1.22 bits per heavy atom. The summed E-state index contributed by atoms with van der Waals surface area (Å²) in [6.45, 7) is 7.84. The van der Waals surface area contributed by atoms with Gasteiger partial charge in [-0.2, -0.15) is 0 Å². The molecule has 0 bridgehead atoms. The number of sulfone groups is 1. The van der Waals surface area contributed by atoms with Crippen molar-refractivity contribution in [3.63, 3.8) is 0 Å². The van der Waals surface area contributed by atoms with E-state index >= 15 is 0 Å². The summed E-state index contributed by atoms with van der Waals surface area (Å²) in [6, 6.07) is 0.567. The van der Waals surface area contributed by atoms with E-state index in [1.54, 1.807) is 0 Å². The van der Waals surface area contributed by atoms with Gasteiger partial charge in [0.05, 0.1) is 5.75 Å². The van der Waals surface area contributed by atoms with Crippen LogP contribution < -0.4 is 5.32 Å². The van der Waals surface area contributed by atoms with Crippen molar-refractivity contribution in [1.82, 2.24) is 5.32 Å².